The molecule has 3 rings (SSSR count). The van der Waals surface area contributed by atoms with Crippen LogP contribution in [0.1, 0.15) is 22.0 Å². The largest absolute Gasteiger partial charge is 0.454 e. The number of fused-ring (bicyclic) bond motifs is 1. The Morgan fingerprint density at radius 3 is 2.56 bits per heavy atom. The number of carbonyl (C=O) groups is 2. The molecule has 25 heavy (non-hydrogen) atoms. The van der Waals surface area contributed by atoms with E-state index in [2.05, 4.69) is 5.32 Å². The second kappa shape index (κ2) is 7.03. The predicted octanol–water partition coefficient (Wildman–Crippen LogP) is 2.63. The van der Waals surface area contributed by atoms with Crippen LogP contribution in [0.25, 0.3) is 0 Å². The van der Waals surface area contributed by atoms with Crippen LogP contribution in [-0.4, -0.2) is 37.6 Å². The fourth-order valence-corrected chi connectivity index (χ4v) is 2.77. The molecule has 1 aliphatic rings. The van der Waals surface area contributed by atoms with E-state index in [9.17, 15) is 9.59 Å². The van der Waals surface area contributed by atoms with Gasteiger partial charge in [-0.05, 0) is 17.7 Å². The number of carbonyl (C=O) groups excluding carboxylic acids is 2. The molecule has 1 atom stereocenters. The first-order valence-corrected chi connectivity index (χ1v) is 8.01. The Hall–Kier alpha value is -2.73. The predicted molar refractivity (Wildman–Crippen MR) is 92.9 cm³/mol. The maximum atomic E-state index is 12.7. The summed E-state index contributed by atoms with van der Waals surface area (Å²) >= 11 is 6.13. The van der Waals surface area contributed by atoms with E-state index in [0.717, 1.165) is 0 Å². The van der Waals surface area contributed by atoms with Gasteiger partial charge in [0, 0.05) is 19.7 Å². The summed E-state index contributed by atoms with van der Waals surface area (Å²) in [6.45, 7) is 0.0614. The Bertz CT molecular complexity index is 808. The van der Waals surface area contributed by atoms with Crippen LogP contribution in [0, 0.1) is 0 Å². The van der Waals surface area contributed by atoms with Crippen LogP contribution < -0.4 is 14.8 Å². The summed E-state index contributed by atoms with van der Waals surface area (Å²) in [5.41, 5.74) is 0.989. The van der Waals surface area contributed by atoms with Crippen molar-refractivity contribution >= 4 is 23.4 Å². The van der Waals surface area contributed by atoms with Crippen molar-refractivity contribution in [1.82, 2.24) is 10.2 Å². The smallest absolute Gasteiger partial charge is 0.252 e. The molecule has 7 heteroatoms. The molecular weight excluding hydrogens is 344 g/mol. The molecule has 0 radical (unpaired) electrons. The molecule has 1 aliphatic heterocycles. The zero-order chi connectivity index (χ0) is 18.0. The average molecular weight is 361 g/mol. The van der Waals surface area contributed by atoms with Crippen molar-refractivity contribution in [2.45, 2.75) is 6.04 Å². The lowest BCUT2D eigenvalue weighted by Crippen LogP contribution is -2.39. The molecule has 2 aromatic carbocycles. The van der Waals surface area contributed by atoms with Gasteiger partial charge < -0.3 is 19.7 Å². The topological polar surface area (TPSA) is 67.9 Å². The summed E-state index contributed by atoms with van der Waals surface area (Å²) in [6, 6.07) is 11.3. The average Bonchev–Trinajstić information content (AvgIpc) is 3.08. The number of nitrogens with one attached hydrogen (secondary N) is 1. The Balaban J connectivity index is 1.88. The van der Waals surface area contributed by atoms with E-state index in [-0.39, 0.29) is 17.7 Å². The molecule has 1 heterocycles. The van der Waals surface area contributed by atoms with Crippen LogP contribution in [0.5, 0.6) is 11.5 Å². The molecule has 1 N–H and O–H groups in total. The molecule has 130 valence electrons. The third-order valence-corrected chi connectivity index (χ3v) is 4.07. The lowest BCUT2D eigenvalue weighted by atomic mass is 10.0. The van der Waals surface area contributed by atoms with Gasteiger partial charge in [0.2, 0.25) is 12.7 Å². The van der Waals surface area contributed by atoms with E-state index < -0.39 is 11.9 Å². The molecule has 2 aromatic rings. The normalized spacial score (nSPS) is 13.2. The van der Waals surface area contributed by atoms with E-state index in [0.29, 0.717) is 22.6 Å². The minimum absolute atomic E-state index is 0.0614. The van der Waals surface area contributed by atoms with Crippen molar-refractivity contribution in [3.8, 4) is 11.5 Å². The van der Waals surface area contributed by atoms with Crippen molar-refractivity contribution < 1.29 is 19.1 Å². The van der Waals surface area contributed by atoms with Crippen LogP contribution >= 0.6 is 11.6 Å². The first-order valence-electron chi connectivity index (χ1n) is 7.63. The molecule has 2 amide bonds. The van der Waals surface area contributed by atoms with Crippen molar-refractivity contribution in [1.29, 1.82) is 0 Å². The number of amides is 2. The van der Waals surface area contributed by atoms with Crippen LogP contribution in [-0.2, 0) is 4.79 Å². The van der Waals surface area contributed by atoms with E-state index in [1.807, 2.05) is 18.2 Å². The van der Waals surface area contributed by atoms with Gasteiger partial charge in [-0.25, -0.2) is 0 Å². The second-order valence-corrected chi connectivity index (χ2v) is 6.15. The molecule has 0 bridgehead atoms. The van der Waals surface area contributed by atoms with Crippen LogP contribution in [0.4, 0.5) is 0 Å². The summed E-state index contributed by atoms with van der Waals surface area (Å²) in [7, 11) is 3.28. The quantitative estimate of drug-likeness (QED) is 0.910. The number of ether oxygens (including phenoxy) is 2. The summed E-state index contributed by atoms with van der Waals surface area (Å²) in [5, 5.41) is 3.05. The Labute approximate surface area is 150 Å². The van der Waals surface area contributed by atoms with Gasteiger partial charge in [0.25, 0.3) is 5.91 Å². The standard InChI is InChI=1S/C18H17ClN2O4/c1-21(2)18(23)15(11-6-4-3-5-7-11)20-17(22)12-8-13(19)16-14(9-12)24-10-25-16/h3-9,15H,10H2,1-2H3,(H,20,22)/t15-/m1/s1. The van der Waals surface area contributed by atoms with Gasteiger partial charge in [-0.3, -0.25) is 9.59 Å². The summed E-state index contributed by atoms with van der Waals surface area (Å²) in [5.74, 6) is 0.172. The molecule has 0 aromatic heterocycles. The highest BCUT2D eigenvalue weighted by atomic mass is 35.5. The van der Waals surface area contributed by atoms with Crippen molar-refractivity contribution in [2.24, 2.45) is 0 Å². The minimum Gasteiger partial charge on any atom is -0.454 e. The number of likely N-dealkylation sites (N-methyl/N-ethyl adjacent to an activating group) is 1. The third kappa shape index (κ3) is 3.53. The maximum absolute atomic E-state index is 12.7. The van der Waals surface area contributed by atoms with Gasteiger partial charge in [-0.2, -0.15) is 0 Å². The number of hydrogen-bond acceptors (Lipinski definition) is 4. The van der Waals surface area contributed by atoms with Crippen molar-refractivity contribution in [2.75, 3.05) is 20.9 Å². The van der Waals surface area contributed by atoms with Crippen LogP contribution in [0.2, 0.25) is 5.02 Å². The highest BCUT2D eigenvalue weighted by Crippen LogP contribution is 2.39. The number of hydrogen-bond donors (Lipinski definition) is 1. The third-order valence-electron chi connectivity index (χ3n) is 3.79. The molecular formula is C18H17ClN2O4. The van der Waals surface area contributed by atoms with Gasteiger partial charge in [-0.1, -0.05) is 41.9 Å². The summed E-state index contributed by atoms with van der Waals surface area (Å²) < 4.78 is 10.5. The molecule has 0 unspecified atom stereocenters. The van der Waals surface area contributed by atoms with Gasteiger partial charge in [0.15, 0.2) is 11.5 Å². The maximum Gasteiger partial charge on any atom is 0.252 e. The molecule has 6 nitrogen and oxygen atoms in total. The van der Waals surface area contributed by atoms with E-state index in [4.69, 9.17) is 21.1 Å². The summed E-state index contributed by atoms with van der Waals surface area (Å²) in [6.07, 6.45) is 0. The number of rotatable bonds is 4. The van der Waals surface area contributed by atoms with E-state index >= 15 is 0 Å². The zero-order valence-corrected chi connectivity index (χ0v) is 14.5. The van der Waals surface area contributed by atoms with E-state index in [1.54, 1.807) is 32.3 Å². The Morgan fingerprint density at radius 2 is 1.88 bits per heavy atom. The molecule has 0 saturated heterocycles. The monoisotopic (exact) mass is 360 g/mol. The fourth-order valence-electron chi connectivity index (χ4n) is 2.50. The van der Waals surface area contributed by atoms with Crippen LogP contribution in [0.3, 0.4) is 0 Å². The number of nitrogens with zero attached hydrogens (tertiary/aromatic N) is 1. The Kier molecular flexibility index (Phi) is 4.81. The lowest BCUT2D eigenvalue weighted by molar-refractivity contribution is -0.130. The van der Waals surface area contributed by atoms with Gasteiger partial charge in [0.05, 0.1) is 5.02 Å². The van der Waals surface area contributed by atoms with Gasteiger partial charge in [0.1, 0.15) is 6.04 Å². The lowest BCUT2D eigenvalue weighted by Gasteiger charge is -2.22. The summed E-state index contributed by atoms with van der Waals surface area (Å²) in [4.78, 5) is 26.6. The van der Waals surface area contributed by atoms with Gasteiger partial charge >= 0.3 is 0 Å². The SMILES string of the molecule is CN(C)C(=O)[C@H](NC(=O)c1cc(Cl)c2c(c1)OCO2)c1ccccc1. The highest BCUT2D eigenvalue weighted by molar-refractivity contribution is 6.32. The number of halogens is 1. The Morgan fingerprint density at radius 1 is 1.16 bits per heavy atom. The first-order chi connectivity index (χ1) is 12.0. The highest BCUT2D eigenvalue weighted by Gasteiger charge is 2.26. The second-order valence-electron chi connectivity index (χ2n) is 5.74. The molecule has 0 fully saturated rings. The van der Waals surface area contributed by atoms with E-state index in [1.165, 1.54) is 11.0 Å². The molecule has 0 spiro atoms. The van der Waals surface area contributed by atoms with Crippen molar-refractivity contribution in [3.63, 3.8) is 0 Å². The molecule has 0 saturated carbocycles. The van der Waals surface area contributed by atoms with Crippen molar-refractivity contribution in [3.05, 3.63) is 58.6 Å². The minimum atomic E-state index is -0.798. The number of benzene rings is 2. The van der Waals surface area contributed by atoms with Gasteiger partial charge in [-0.15, -0.1) is 0 Å². The first kappa shape index (κ1) is 17.1. The molecule has 0 aliphatic carbocycles. The van der Waals surface area contributed by atoms with Crippen LogP contribution in [0.15, 0.2) is 42.5 Å². The fraction of sp³-hybridized carbons (Fsp3) is 0.222. The zero-order valence-electron chi connectivity index (χ0n) is 13.8.